The van der Waals surface area contributed by atoms with Crippen molar-refractivity contribution in [3.63, 3.8) is 0 Å². The lowest BCUT2D eigenvalue weighted by Gasteiger charge is -2.23. The van der Waals surface area contributed by atoms with E-state index in [0.29, 0.717) is 49.5 Å². The van der Waals surface area contributed by atoms with Gasteiger partial charge in [0.25, 0.3) is 0 Å². The molecule has 14 nitrogen and oxygen atoms in total. The SMILES string of the molecule is CCOC(=O)CN(C)Cc1noc([C@H](CCCC2CCCCC2)CC(=O)OC(C)(C)C)n1.CNCc1noc([C@H](CCCC2CCCCC2)CC(=O)OC(C)(C)C)n1. The number of nitrogens with zero attached hydrogens (tertiary/aromatic N) is 5. The third kappa shape index (κ3) is 20.5. The summed E-state index contributed by atoms with van der Waals surface area (Å²) in [7, 11) is 3.65. The first kappa shape index (κ1) is 49.0. The van der Waals surface area contributed by atoms with Crippen LogP contribution in [0.25, 0.3) is 0 Å². The highest BCUT2D eigenvalue weighted by Gasteiger charge is 2.28. The smallest absolute Gasteiger partial charge is 0.320 e. The largest absolute Gasteiger partial charge is 0.465 e. The molecule has 2 fully saturated rings. The predicted octanol–water partition coefficient (Wildman–Crippen LogP) is 8.99. The molecule has 0 aliphatic heterocycles. The average Bonchev–Trinajstić information content (AvgIpc) is 3.81. The fraction of sp³-hybridized carbons (Fsp3) is 0.841. The lowest BCUT2D eigenvalue weighted by atomic mass is 9.84. The maximum Gasteiger partial charge on any atom is 0.320 e. The van der Waals surface area contributed by atoms with Gasteiger partial charge in [0, 0.05) is 11.8 Å². The van der Waals surface area contributed by atoms with Crippen molar-refractivity contribution in [2.45, 2.75) is 200 Å². The van der Waals surface area contributed by atoms with E-state index in [1.54, 1.807) is 18.9 Å². The molecular formula is C44H76N6O8. The number of carbonyl (C=O) groups excluding carboxylic acids is 3. The summed E-state index contributed by atoms with van der Waals surface area (Å²) in [6.07, 6.45) is 20.2. The number of rotatable bonds is 21. The summed E-state index contributed by atoms with van der Waals surface area (Å²) in [4.78, 5) is 47.3. The van der Waals surface area contributed by atoms with Gasteiger partial charge in [-0.1, -0.05) is 100 Å². The maximum atomic E-state index is 12.5. The van der Waals surface area contributed by atoms with Crippen LogP contribution in [0, 0.1) is 11.8 Å². The van der Waals surface area contributed by atoms with Crippen LogP contribution in [0.5, 0.6) is 0 Å². The highest BCUT2D eigenvalue weighted by Crippen LogP contribution is 2.33. The van der Waals surface area contributed by atoms with Gasteiger partial charge >= 0.3 is 17.9 Å². The lowest BCUT2D eigenvalue weighted by Crippen LogP contribution is -2.27. The quantitative estimate of drug-likeness (QED) is 0.0934. The van der Waals surface area contributed by atoms with Crippen LogP contribution in [0.2, 0.25) is 0 Å². The number of carbonyl (C=O) groups is 3. The van der Waals surface area contributed by atoms with Crippen LogP contribution in [0.15, 0.2) is 9.05 Å². The topological polar surface area (TPSA) is 172 Å². The summed E-state index contributed by atoms with van der Waals surface area (Å²) in [5, 5.41) is 11.1. The zero-order chi connectivity index (χ0) is 42.6. The Bertz CT molecular complexity index is 1470. The van der Waals surface area contributed by atoms with Crippen molar-refractivity contribution in [1.29, 1.82) is 0 Å². The van der Waals surface area contributed by atoms with E-state index in [2.05, 4.69) is 25.6 Å². The molecule has 14 heteroatoms. The van der Waals surface area contributed by atoms with Gasteiger partial charge in [-0.05, 0) is 87.2 Å². The Balaban J connectivity index is 0.000000317. The molecule has 0 unspecified atom stereocenters. The Morgan fingerprint density at radius 2 is 1.17 bits per heavy atom. The van der Waals surface area contributed by atoms with Crippen molar-refractivity contribution in [2.24, 2.45) is 11.8 Å². The zero-order valence-corrected chi connectivity index (χ0v) is 37.4. The van der Waals surface area contributed by atoms with Crippen molar-refractivity contribution in [2.75, 3.05) is 27.2 Å². The molecule has 0 amide bonds. The number of likely N-dealkylation sites (N-methyl/N-ethyl adjacent to an activating group) is 1. The van der Waals surface area contributed by atoms with E-state index < -0.39 is 11.2 Å². The number of ether oxygens (including phenoxy) is 3. The highest BCUT2D eigenvalue weighted by molar-refractivity contribution is 5.72. The number of hydrogen-bond acceptors (Lipinski definition) is 14. The van der Waals surface area contributed by atoms with E-state index in [-0.39, 0.29) is 42.7 Å². The highest BCUT2D eigenvalue weighted by atomic mass is 16.6. The van der Waals surface area contributed by atoms with Gasteiger partial charge < -0.3 is 28.6 Å². The Morgan fingerprint density at radius 1 is 0.724 bits per heavy atom. The lowest BCUT2D eigenvalue weighted by molar-refractivity contribution is -0.156. The van der Waals surface area contributed by atoms with Gasteiger partial charge in [-0.2, -0.15) is 9.97 Å². The van der Waals surface area contributed by atoms with Crippen LogP contribution >= 0.6 is 0 Å². The van der Waals surface area contributed by atoms with Gasteiger partial charge in [0.15, 0.2) is 11.6 Å². The van der Waals surface area contributed by atoms with Crippen LogP contribution in [0.4, 0.5) is 0 Å². The van der Waals surface area contributed by atoms with Crippen LogP contribution in [0.3, 0.4) is 0 Å². The molecule has 330 valence electrons. The van der Waals surface area contributed by atoms with Gasteiger partial charge in [0.2, 0.25) is 11.8 Å². The molecule has 4 rings (SSSR count). The summed E-state index contributed by atoms with van der Waals surface area (Å²) in [5.41, 5.74) is -1.00. The van der Waals surface area contributed by atoms with Crippen LogP contribution < -0.4 is 5.32 Å². The molecule has 1 N–H and O–H groups in total. The van der Waals surface area contributed by atoms with Crippen molar-refractivity contribution in [3.8, 4) is 0 Å². The predicted molar refractivity (Wildman–Crippen MR) is 222 cm³/mol. The Labute approximate surface area is 348 Å². The molecule has 0 bridgehead atoms. The van der Waals surface area contributed by atoms with Crippen LogP contribution in [-0.2, 0) is 41.7 Å². The van der Waals surface area contributed by atoms with E-state index in [1.807, 2.05) is 48.6 Å². The second-order valence-electron chi connectivity index (χ2n) is 18.5. The van der Waals surface area contributed by atoms with Crippen molar-refractivity contribution in [1.82, 2.24) is 30.5 Å². The van der Waals surface area contributed by atoms with Gasteiger partial charge in [0.05, 0.1) is 39.1 Å². The summed E-state index contributed by atoms with van der Waals surface area (Å²) in [6, 6.07) is 0. The molecule has 0 aromatic carbocycles. The Morgan fingerprint density at radius 3 is 1.60 bits per heavy atom. The average molecular weight is 817 g/mol. The first-order chi connectivity index (χ1) is 27.5. The molecule has 2 aromatic heterocycles. The summed E-state index contributed by atoms with van der Waals surface area (Å²) in [5.74, 6) is 2.82. The first-order valence-corrected chi connectivity index (χ1v) is 22.1. The molecule has 58 heavy (non-hydrogen) atoms. The van der Waals surface area contributed by atoms with Crippen LogP contribution in [0.1, 0.15) is 199 Å². The fourth-order valence-electron chi connectivity index (χ4n) is 7.94. The minimum absolute atomic E-state index is 0.0634. The minimum atomic E-state index is -0.528. The zero-order valence-electron chi connectivity index (χ0n) is 37.4. The van der Waals surface area contributed by atoms with Crippen molar-refractivity contribution in [3.05, 3.63) is 23.4 Å². The van der Waals surface area contributed by atoms with E-state index in [4.69, 9.17) is 23.3 Å². The molecule has 2 aliphatic carbocycles. The fourth-order valence-corrected chi connectivity index (χ4v) is 7.94. The molecule has 2 heterocycles. The normalized spacial score (nSPS) is 16.7. The maximum absolute atomic E-state index is 12.5. The van der Waals surface area contributed by atoms with Crippen molar-refractivity contribution < 1.29 is 37.6 Å². The standard InChI is InChI=1S/C24H41N3O5.C20H35N3O3/c1-6-30-22(29)17-27(5)16-20-25-23(32-26-20)19(15-21(28)31-24(2,3)4)14-10-13-18-11-8-7-9-12-18;1-20(2,3)25-18(24)13-16(19-22-17(14-21-4)23-26-19)12-8-11-15-9-6-5-7-10-15/h18-19H,6-17H2,1-5H3;15-16,21H,5-14H2,1-4H3/t19-;16-/m11/s1. The molecule has 2 aromatic rings. The van der Waals surface area contributed by atoms with E-state index >= 15 is 0 Å². The number of aromatic nitrogens is 4. The second-order valence-corrected chi connectivity index (χ2v) is 18.5. The van der Waals surface area contributed by atoms with Crippen molar-refractivity contribution >= 4 is 17.9 Å². The molecule has 2 saturated carbocycles. The Kier molecular flexibility index (Phi) is 21.3. The van der Waals surface area contributed by atoms with Gasteiger partial charge in [-0.15, -0.1) is 0 Å². The van der Waals surface area contributed by atoms with Gasteiger partial charge in [-0.3, -0.25) is 19.3 Å². The molecule has 0 spiro atoms. The minimum Gasteiger partial charge on any atom is -0.465 e. The Hall–Kier alpha value is -3.39. The molecule has 0 radical (unpaired) electrons. The number of esters is 3. The number of hydrogen-bond donors (Lipinski definition) is 1. The number of nitrogens with one attached hydrogen (secondary N) is 1. The third-order valence-electron chi connectivity index (χ3n) is 10.6. The monoisotopic (exact) mass is 817 g/mol. The molecule has 2 atom stereocenters. The molecular weight excluding hydrogens is 741 g/mol. The van der Waals surface area contributed by atoms with Crippen LogP contribution in [-0.4, -0.2) is 81.5 Å². The summed E-state index contributed by atoms with van der Waals surface area (Å²) in [6.45, 7) is 14.5. The van der Waals surface area contributed by atoms with Gasteiger partial charge in [0.1, 0.15) is 11.2 Å². The first-order valence-electron chi connectivity index (χ1n) is 22.1. The van der Waals surface area contributed by atoms with E-state index in [0.717, 1.165) is 37.5 Å². The second kappa shape index (κ2) is 25.3. The third-order valence-corrected chi connectivity index (χ3v) is 10.6. The van der Waals surface area contributed by atoms with E-state index in [1.165, 1.54) is 77.0 Å². The van der Waals surface area contributed by atoms with E-state index in [9.17, 15) is 14.4 Å². The molecule has 0 saturated heterocycles. The summed E-state index contributed by atoms with van der Waals surface area (Å²) >= 11 is 0. The summed E-state index contributed by atoms with van der Waals surface area (Å²) < 4.78 is 27.0. The molecule has 2 aliphatic rings. The van der Waals surface area contributed by atoms with Gasteiger partial charge in [-0.25, -0.2) is 0 Å².